The van der Waals surface area contributed by atoms with Gasteiger partial charge in [-0.15, -0.1) is 0 Å². The predicted octanol–water partition coefficient (Wildman–Crippen LogP) is 1.10. The molecule has 0 aliphatic rings. The third-order valence-electron chi connectivity index (χ3n) is 3.81. The minimum Gasteiger partial charge on any atom is -0.508 e. The molecule has 0 aliphatic heterocycles. The molecule has 0 radical (unpaired) electrons. The highest BCUT2D eigenvalue weighted by Gasteiger charge is 2.09. The number of carbonyl (C=O) groups is 3. The minimum absolute atomic E-state index is 0.175. The van der Waals surface area contributed by atoms with E-state index in [9.17, 15) is 19.5 Å². The summed E-state index contributed by atoms with van der Waals surface area (Å²) >= 11 is 0. The van der Waals surface area contributed by atoms with Crippen molar-refractivity contribution >= 4 is 17.7 Å². The van der Waals surface area contributed by atoms with Crippen LogP contribution in [0.5, 0.6) is 5.75 Å². The summed E-state index contributed by atoms with van der Waals surface area (Å²) in [6.07, 6.45) is 0.631. The van der Waals surface area contributed by atoms with Crippen LogP contribution in [0.25, 0.3) is 0 Å². The van der Waals surface area contributed by atoms with Crippen LogP contribution in [0.4, 0.5) is 0 Å². The Labute approximate surface area is 151 Å². The van der Waals surface area contributed by atoms with E-state index >= 15 is 0 Å². The lowest BCUT2D eigenvalue weighted by Gasteiger charge is -2.09. The highest BCUT2D eigenvalue weighted by molar-refractivity contribution is 5.96. The molecule has 5 N–H and O–H groups in total. The van der Waals surface area contributed by atoms with E-state index in [4.69, 9.17) is 5.73 Å². The van der Waals surface area contributed by atoms with Gasteiger partial charge in [-0.25, -0.2) is 0 Å². The van der Waals surface area contributed by atoms with Crippen molar-refractivity contribution in [2.24, 2.45) is 5.73 Å². The molecule has 136 valence electrons. The zero-order valence-corrected chi connectivity index (χ0v) is 14.4. The molecule has 0 fully saturated rings. The number of nitrogens with one attached hydrogen (secondary N) is 2. The quantitative estimate of drug-likeness (QED) is 0.594. The zero-order chi connectivity index (χ0) is 19.1. The largest absolute Gasteiger partial charge is 0.508 e. The number of hydrogen-bond donors (Lipinski definition) is 4. The summed E-state index contributed by atoms with van der Waals surface area (Å²) in [5, 5.41) is 14.9. The Balaban J connectivity index is 1.94. The van der Waals surface area contributed by atoms with Crippen molar-refractivity contribution in [3.05, 3.63) is 64.7 Å². The standard InChI is InChI=1S/C19H21N3O4/c1-2-13-9-15(7-8-16(13)23)19(26)21-10-12-3-5-14(6-4-12)18(25)22-11-17(20)24/h3-9,23H,2,10-11H2,1H3,(H2,20,24)(H,21,26)(H,22,25). The van der Waals surface area contributed by atoms with E-state index in [1.165, 1.54) is 6.07 Å². The molecule has 0 bridgehead atoms. The van der Waals surface area contributed by atoms with Gasteiger partial charge in [-0.2, -0.15) is 0 Å². The summed E-state index contributed by atoms with van der Waals surface area (Å²) in [7, 11) is 0. The smallest absolute Gasteiger partial charge is 0.251 e. The molecule has 2 rings (SSSR count). The molecule has 0 unspecified atom stereocenters. The number of carbonyl (C=O) groups excluding carboxylic acids is 3. The van der Waals surface area contributed by atoms with Crippen molar-refractivity contribution in [2.75, 3.05) is 6.54 Å². The van der Waals surface area contributed by atoms with Gasteiger partial charge in [0.2, 0.25) is 5.91 Å². The molecule has 0 saturated heterocycles. The second-order valence-electron chi connectivity index (χ2n) is 5.73. The molecule has 7 heteroatoms. The first-order chi connectivity index (χ1) is 12.4. The summed E-state index contributed by atoms with van der Waals surface area (Å²) in [6.45, 7) is 1.98. The number of aryl methyl sites for hydroxylation is 1. The zero-order valence-electron chi connectivity index (χ0n) is 14.4. The van der Waals surface area contributed by atoms with Crippen molar-refractivity contribution in [3.63, 3.8) is 0 Å². The molecule has 2 aromatic rings. The molecule has 0 aliphatic carbocycles. The van der Waals surface area contributed by atoms with Gasteiger partial charge in [-0.3, -0.25) is 14.4 Å². The van der Waals surface area contributed by atoms with Gasteiger partial charge in [-0.1, -0.05) is 19.1 Å². The number of primary amides is 1. The lowest BCUT2D eigenvalue weighted by molar-refractivity contribution is -0.117. The van der Waals surface area contributed by atoms with Gasteiger partial charge in [0.05, 0.1) is 6.54 Å². The number of phenols is 1. The van der Waals surface area contributed by atoms with Crippen molar-refractivity contribution in [1.82, 2.24) is 10.6 Å². The van der Waals surface area contributed by atoms with Gasteiger partial charge in [-0.05, 0) is 47.9 Å². The fraction of sp³-hybridized carbons (Fsp3) is 0.211. The predicted molar refractivity (Wildman–Crippen MR) is 96.6 cm³/mol. The van der Waals surface area contributed by atoms with Crippen LogP contribution in [-0.2, 0) is 17.8 Å². The van der Waals surface area contributed by atoms with Gasteiger partial charge >= 0.3 is 0 Å². The van der Waals surface area contributed by atoms with E-state index in [-0.39, 0.29) is 18.2 Å². The number of amides is 3. The molecule has 2 aromatic carbocycles. The molecule has 0 aromatic heterocycles. The Morgan fingerprint density at radius 3 is 2.19 bits per heavy atom. The van der Waals surface area contributed by atoms with E-state index < -0.39 is 11.8 Å². The fourth-order valence-electron chi connectivity index (χ4n) is 2.34. The number of benzene rings is 2. The molecule has 26 heavy (non-hydrogen) atoms. The number of hydrogen-bond acceptors (Lipinski definition) is 4. The average Bonchev–Trinajstić information content (AvgIpc) is 2.64. The maximum Gasteiger partial charge on any atom is 0.251 e. The Morgan fingerprint density at radius 2 is 1.58 bits per heavy atom. The first kappa shape index (κ1) is 19.0. The third kappa shape index (κ3) is 5.07. The van der Waals surface area contributed by atoms with Gasteiger partial charge in [0.25, 0.3) is 11.8 Å². The average molecular weight is 355 g/mol. The molecule has 0 spiro atoms. The fourth-order valence-corrected chi connectivity index (χ4v) is 2.34. The Hall–Kier alpha value is -3.35. The van der Waals surface area contributed by atoms with E-state index in [1.807, 2.05) is 6.92 Å². The van der Waals surface area contributed by atoms with E-state index in [1.54, 1.807) is 36.4 Å². The maximum absolute atomic E-state index is 12.2. The number of aromatic hydroxyl groups is 1. The highest BCUT2D eigenvalue weighted by Crippen LogP contribution is 2.19. The van der Waals surface area contributed by atoms with Crippen LogP contribution in [0.1, 0.15) is 38.8 Å². The van der Waals surface area contributed by atoms with Crippen LogP contribution in [0.3, 0.4) is 0 Å². The molecule has 0 saturated carbocycles. The maximum atomic E-state index is 12.2. The summed E-state index contributed by atoms with van der Waals surface area (Å²) < 4.78 is 0. The van der Waals surface area contributed by atoms with Gasteiger partial charge in [0.1, 0.15) is 5.75 Å². The highest BCUT2D eigenvalue weighted by atomic mass is 16.3. The second-order valence-corrected chi connectivity index (χ2v) is 5.73. The van der Waals surface area contributed by atoms with E-state index in [0.717, 1.165) is 5.56 Å². The first-order valence-corrected chi connectivity index (χ1v) is 8.16. The summed E-state index contributed by atoms with van der Waals surface area (Å²) in [5.74, 6) is -1.08. The van der Waals surface area contributed by atoms with Crippen LogP contribution in [0, 0.1) is 0 Å². The topological polar surface area (TPSA) is 122 Å². The monoisotopic (exact) mass is 355 g/mol. The number of phenolic OH excluding ortho intramolecular Hbond substituents is 1. The molecule has 7 nitrogen and oxygen atoms in total. The Morgan fingerprint density at radius 1 is 0.962 bits per heavy atom. The molecule has 0 heterocycles. The van der Waals surface area contributed by atoms with Crippen molar-refractivity contribution in [3.8, 4) is 5.75 Å². The van der Waals surface area contributed by atoms with Gasteiger partial charge < -0.3 is 21.5 Å². The first-order valence-electron chi connectivity index (χ1n) is 8.16. The van der Waals surface area contributed by atoms with Crippen LogP contribution in [0.2, 0.25) is 0 Å². The van der Waals surface area contributed by atoms with E-state index in [0.29, 0.717) is 29.7 Å². The van der Waals surface area contributed by atoms with Crippen LogP contribution < -0.4 is 16.4 Å². The van der Waals surface area contributed by atoms with Crippen molar-refractivity contribution in [2.45, 2.75) is 19.9 Å². The van der Waals surface area contributed by atoms with Crippen LogP contribution >= 0.6 is 0 Å². The molecular formula is C19H21N3O4. The molecule has 3 amide bonds. The van der Waals surface area contributed by atoms with Crippen molar-refractivity contribution in [1.29, 1.82) is 0 Å². The normalized spacial score (nSPS) is 10.2. The van der Waals surface area contributed by atoms with Crippen LogP contribution in [-0.4, -0.2) is 29.4 Å². The molecule has 0 atom stereocenters. The van der Waals surface area contributed by atoms with Gasteiger partial charge in [0, 0.05) is 17.7 Å². The van der Waals surface area contributed by atoms with Gasteiger partial charge in [0.15, 0.2) is 0 Å². The Kier molecular flexibility index (Phi) is 6.32. The molecular weight excluding hydrogens is 334 g/mol. The Bertz CT molecular complexity index is 816. The van der Waals surface area contributed by atoms with Crippen LogP contribution in [0.15, 0.2) is 42.5 Å². The third-order valence-corrected chi connectivity index (χ3v) is 3.81. The second kappa shape index (κ2) is 8.66. The SMILES string of the molecule is CCc1cc(C(=O)NCc2ccc(C(=O)NCC(N)=O)cc2)ccc1O. The minimum atomic E-state index is -0.613. The summed E-state index contributed by atoms with van der Waals surface area (Å²) in [5.41, 5.74) is 7.38. The number of nitrogens with two attached hydrogens (primary N) is 1. The number of rotatable bonds is 7. The summed E-state index contributed by atoms with van der Waals surface area (Å²) in [4.78, 5) is 34.7. The van der Waals surface area contributed by atoms with E-state index in [2.05, 4.69) is 10.6 Å². The lowest BCUT2D eigenvalue weighted by atomic mass is 10.1. The summed E-state index contributed by atoms with van der Waals surface area (Å²) in [6, 6.07) is 11.4. The lowest BCUT2D eigenvalue weighted by Crippen LogP contribution is -2.33. The van der Waals surface area contributed by atoms with Crippen molar-refractivity contribution < 1.29 is 19.5 Å².